The van der Waals surface area contributed by atoms with Crippen LogP contribution in [-0.2, 0) is 10.0 Å². The van der Waals surface area contributed by atoms with Crippen LogP contribution in [0.2, 0.25) is 0 Å². The van der Waals surface area contributed by atoms with Crippen LogP contribution in [0.4, 0.5) is 20.6 Å². The number of hydrogen-bond acceptors (Lipinski definition) is 3. The number of rotatable bonds is 6. The predicted octanol–water partition coefficient (Wildman–Crippen LogP) is 3.50. The van der Waals surface area contributed by atoms with Crippen molar-refractivity contribution >= 4 is 27.4 Å². The molecule has 0 radical (unpaired) electrons. The highest BCUT2D eigenvalue weighted by atomic mass is 32.2. The largest absolute Gasteiger partial charge is 0.325 e. The van der Waals surface area contributed by atoms with Gasteiger partial charge in [0, 0.05) is 18.8 Å². The van der Waals surface area contributed by atoms with Crippen molar-refractivity contribution in [3.8, 4) is 0 Å². The van der Waals surface area contributed by atoms with Crippen LogP contribution in [0.15, 0.2) is 53.4 Å². The highest BCUT2D eigenvalue weighted by Crippen LogP contribution is 2.20. The van der Waals surface area contributed by atoms with E-state index in [0.717, 1.165) is 0 Å². The van der Waals surface area contributed by atoms with Gasteiger partial charge in [-0.3, -0.25) is 4.72 Å². The minimum absolute atomic E-state index is 0.0309. The lowest BCUT2D eigenvalue weighted by Gasteiger charge is -2.19. The second kappa shape index (κ2) is 7.98. The molecule has 0 bridgehead atoms. The maximum Gasteiger partial charge on any atom is 0.321 e. The number of sulfonamides is 1. The number of amides is 2. The number of hydrogen-bond donors (Lipinski definition) is 2. The highest BCUT2D eigenvalue weighted by Gasteiger charge is 2.16. The monoisotopic (exact) mass is 365 g/mol. The van der Waals surface area contributed by atoms with Gasteiger partial charge in [-0.05, 0) is 50.2 Å². The highest BCUT2D eigenvalue weighted by molar-refractivity contribution is 7.92. The zero-order valence-electron chi connectivity index (χ0n) is 14.0. The molecule has 134 valence electrons. The first-order chi connectivity index (χ1) is 11.9. The van der Waals surface area contributed by atoms with E-state index in [1.807, 2.05) is 13.8 Å². The lowest BCUT2D eigenvalue weighted by atomic mass is 10.3. The van der Waals surface area contributed by atoms with E-state index in [2.05, 4.69) is 10.0 Å². The first-order valence-electron chi connectivity index (χ1n) is 7.80. The molecule has 2 amide bonds. The van der Waals surface area contributed by atoms with Crippen molar-refractivity contribution in [1.29, 1.82) is 0 Å². The van der Waals surface area contributed by atoms with Crippen LogP contribution in [0.25, 0.3) is 0 Å². The number of urea groups is 1. The summed E-state index contributed by atoms with van der Waals surface area (Å²) in [6.07, 6.45) is 0. The number of anilines is 2. The van der Waals surface area contributed by atoms with Gasteiger partial charge in [-0.2, -0.15) is 0 Å². The van der Waals surface area contributed by atoms with Gasteiger partial charge in [-0.25, -0.2) is 17.6 Å². The Morgan fingerprint density at radius 1 is 1.04 bits per heavy atom. The Morgan fingerprint density at radius 2 is 1.64 bits per heavy atom. The molecule has 0 saturated carbocycles. The van der Waals surface area contributed by atoms with E-state index in [4.69, 9.17) is 0 Å². The molecule has 0 aromatic heterocycles. The Bertz CT molecular complexity index is 834. The van der Waals surface area contributed by atoms with Crippen molar-refractivity contribution < 1.29 is 17.6 Å². The Labute approximate surface area is 146 Å². The molecule has 0 spiro atoms. The molecule has 0 aliphatic heterocycles. The van der Waals surface area contributed by atoms with Crippen LogP contribution in [0.3, 0.4) is 0 Å². The number of nitrogens with one attached hydrogen (secondary N) is 2. The Morgan fingerprint density at radius 3 is 2.20 bits per heavy atom. The van der Waals surface area contributed by atoms with Crippen molar-refractivity contribution in [2.75, 3.05) is 23.1 Å². The third-order valence-electron chi connectivity index (χ3n) is 3.58. The second-order valence-corrected chi connectivity index (χ2v) is 6.89. The molecule has 0 heterocycles. The second-order valence-electron chi connectivity index (χ2n) is 5.21. The van der Waals surface area contributed by atoms with Gasteiger partial charge in [0.05, 0.1) is 10.6 Å². The standard InChI is InChI=1S/C17H20FN3O3S/c1-3-21(4-2)17(22)19-13-9-11-14(12-10-13)25(23,24)20-16-8-6-5-7-15(16)18/h5-12,20H,3-4H2,1-2H3,(H,19,22). The number of carbonyl (C=O) groups is 1. The van der Waals surface area contributed by atoms with Gasteiger partial charge in [0.15, 0.2) is 0 Å². The fourth-order valence-electron chi connectivity index (χ4n) is 2.18. The van der Waals surface area contributed by atoms with E-state index in [9.17, 15) is 17.6 Å². The number of para-hydroxylation sites is 1. The van der Waals surface area contributed by atoms with Gasteiger partial charge in [-0.1, -0.05) is 12.1 Å². The van der Waals surface area contributed by atoms with Crippen LogP contribution in [-0.4, -0.2) is 32.4 Å². The number of halogens is 1. The number of benzene rings is 2. The maximum absolute atomic E-state index is 13.6. The molecule has 2 rings (SSSR count). The summed E-state index contributed by atoms with van der Waals surface area (Å²) in [6.45, 7) is 4.88. The fourth-order valence-corrected chi connectivity index (χ4v) is 3.25. The molecular formula is C17H20FN3O3S. The summed E-state index contributed by atoms with van der Waals surface area (Å²) in [6, 6.07) is 10.9. The van der Waals surface area contributed by atoms with Gasteiger partial charge < -0.3 is 10.2 Å². The van der Waals surface area contributed by atoms with Gasteiger partial charge in [0.2, 0.25) is 0 Å². The molecule has 2 N–H and O–H groups in total. The number of carbonyl (C=O) groups excluding carboxylic acids is 1. The van der Waals surface area contributed by atoms with Gasteiger partial charge >= 0.3 is 6.03 Å². The van der Waals surface area contributed by atoms with Crippen LogP contribution < -0.4 is 10.0 Å². The Balaban J connectivity index is 2.13. The molecule has 0 aliphatic carbocycles. The normalized spacial score (nSPS) is 11.0. The summed E-state index contributed by atoms with van der Waals surface area (Å²) in [5.74, 6) is -0.658. The molecule has 6 nitrogen and oxygen atoms in total. The summed E-state index contributed by atoms with van der Waals surface area (Å²) in [7, 11) is -3.92. The van der Waals surface area contributed by atoms with E-state index >= 15 is 0 Å². The van der Waals surface area contributed by atoms with Crippen LogP contribution in [0.1, 0.15) is 13.8 Å². The molecule has 0 unspecified atom stereocenters. The van der Waals surface area contributed by atoms with Crippen LogP contribution in [0.5, 0.6) is 0 Å². The van der Waals surface area contributed by atoms with Crippen molar-refractivity contribution in [3.63, 3.8) is 0 Å². The molecule has 0 saturated heterocycles. The third kappa shape index (κ3) is 4.69. The van der Waals surface area contributed by atoms with E-state index in [-0.39, 0.29) is 16.6 Å². The summed E-state index contributed by atoms with van der Waals surface area (Å²) in [4.78, 5) is 13.5. The number of nitrogens with zero attached hydrogens (tertiary/aromatic N) is 1. The smallest absolute Gasteiger partial charge is 0.321 e. The quantitative estimate of drug-likeness (QED) is 0.822. The summed E-state index contributed by atoms with van der Waals surface area (Å²) in [5, 5.41) is 2.69. The van der Waals surface area contributed by atoms with Crippen molar-refractivity contribution in [2.24, 2.45) is 0 Å². The van der Waals surface area contributed by atoms with Crippen LogP contribution >= 0.6 is 0 Å². The van der Waals surface area contributed by atoms with Crippen molar-refractivity contribution in [3.05, 3.63) is 54.3 Å². The van der Waals surface area contributed by atoms with E-state index < -0.39 is 15.8 Å². The first-order valence-corrected chi connectivity index (χ1v) is 9.29. The van der Waals surface area contributed by atoms with Gasteiger partial charge in [0.25, 0.3) is 10.0 Å². The minimum atomic E-state index is -3.92. The molecule has 2 aromatic rings. The van der Waals surface area contributed by atoms with E-state index in [1.54, 1.807) is 4.90 Å². The van der Waals surface area contributed by atoms with E-state index in [1.165, 1.54) is 48.5 Å². The maximum atomic E-state index is 13.6. The molecule has 25 heavy (non-hydrogen) atoms. The fraction of sp³-hybridized carbons (Fsp3) is 0.235. The summed E-state index contributed by atoms with van der Waals surface area (Å²) < 4.78 is 40.4. The van der Waals surface area contributed by atoms with Gasteiger partial charge in [0.1, 0.15) is 5.82 Å². The molecule has 0 fully saturated rings. The lowest BCUT2D eigenvalue weighted by molar-refractivity contribution is 0.217. The predicted molar refractivity (Wildman–Crippen MR) is 95.6 cm³/mol. The molecule has 0 atom stereocenters. The SMILES string of the molecule is CCN(CC)C(=O)Nc1ccc(S(=O)(=O)Nc2ccccc2F)cc1. The van der Waals surface area contributed by atoms with Crippen LogP contribution in [0, 0.1) is 5.82 Å². The molecule has 0 aliphatic rings. The Kier molecular flexibility index (Phi) is 5.97. The van der Waals surface area contributed by atoms with Gasteiger partial charge in [-0.15, -0.1) is 0 Å². The molecular weight excluding hydrogens is 345 g/mol. The summed E-state index contributed by atoms with van der Waals surface area (Å²) in [5.41, 5.74) is 0.350. The zero-order chi connectivity index (χ0) is 18.4. The minimum Gasteiger partial charge on any atom is -0.325 e. The third-order valence-corrected chi connectivity index (χ3v) is 4.97. The molecule has 8 heteroatoms. The first kappa shape index (κ1) is 18.7. The lowest BCUT2D eigenvalue weighted by Crippen LogP contribution is -2.34. The average molecular weight is 365 g/mol. The average Bonchev–Trinajstić information content (AvgIpc) is 2.58. The molecule has 2 aromatic carbocycles. The summed E-state index contributed by atoms with van der Waals surface area (Å²) >= 11 is 0. The van der Waals surface area contributed by atoms with E-state index in [0.29, 0.717) is 18.8 Å². The topological polar surface area (TPSA) is 78.5 Å². The van der Waals surface area contributed by atoms with Crippen molar-refractivity contribution in [1.82, 2.24) is 4.90 Å². The zero-order valence-corrected chi connectivity index (χ0v) is 14.8. The van der Waals surface area contributed by atoms with Crippen molar-refractivity contribution in [2.45, 2.75) is 18.7 Å². The Hall–Kier alpha value is -2.61.